The zero-order valence-corrected chi connectivity index (χ0v) is 11.9. The molecule has 0 unspecified atom stereocenters. The number of aliphatic carboxylic acids is 1. The van der Waals surface area contributed by atoms with E-state index in [9.17, 15) is 9.90 Å². The second-order valence-corrected chi connectivity index (χ2v) is 4.32. The molecule has 0 aliphatic rings. The van der Waals surface area contributed by atoms with E-state index in [4.69, 9.17) is 9.84 Å². The summed E-state index contributed by atoms with van der Waals surface area (Å²) in [5, 5.41) is 19.3. The van der Waals surface area contributed by atoms with Gasteiger partial charge in [-0.25, -0.2) is 4.79 Å². The molecule has 0 aliphatic carbocycles. The average molecular weight is 325 g/mol. The van der Waals surface area contributed by atoms with Crippen LogP contribution in [0.5, 0.6) is 11.5 Å². The quantitative estimate of drug-likeness (QED) is 0.507. The van der Waals surface area contributed by atoms with E-state index in [1.165, 1.54) is 13.2 Å². The smallest absolute Gasteiger partial charge is 0.328 e. The highest BCUT2D eigenvalue weighted by molar-refractivity contribution is 9.09. The van der Waals surface area contributed by atoms with Crippen molar-refractivity contribution in [2.24, 2.45) is 0 Å². The van der Waals surface area contributed by atoms with E-state index in [0.717, 1.165) is 11.4 Å². The fraction of sp³-hybridized carbons (Fsp3) is 0.214. The molecule has 2 N–H and O–H groups in total. The maximum Gasteiger partial charge on any atom is 0.328 e. The molecule has 0 aliphatic heterocycles. The summed E-state index contributed by atoms with van der Waals surface area (Å²) >= 11 is 3.26. The lowest BCUT2D eigenvalue weighted by atomic mass is 10.1. The number of benzene rings is 1. The first-order valence-electron chi connectivity index (χ1n) is 5.45. The summed E-state index contributed by atoms with van der Waals surface area (Å²) < 4.78 is 5.03. The largest absolute Gasteiger partial charge is 0.503 e. The molecule has 0 radical (unpaired) electrons. The van der Waals surface area contributed by atoms with Crippen LogP contribution in [0.15, 0.2) is 18.2 Å². The molecule has 0 saturated heterocycles. The number of carboxylic acid groups (broad SMARTS) is 1. The maximum atomic E-state index is 10.5. The third-order valence-electron chi connectivity index (χ3n) is 2.18. The van der Waals surface area contributed by atoms with Gasteiger partial charge in [-0.2, -0.15) is 0 Å². The minimum Gasteiger partial charge on any atom is -0.503 e. The molecule has 0 spiro atoms. The first kappa shape index (κ1) is 15.1. The Balaban J connectivity index is 3.19. The van der Waals surface area contributed by atoms with Crippen LogP contribution in [0.1, 0.15) is 17.5 Å². The predicted molar refractivity (Wildman–Crippen MR) is 76.6 cm³/mol. The number of carbonyl (C=O) groups is 1. The summed E-state index contributed by atoms with van der Waals surface area (Å²) in [4.78, 5) is 10.5. The van der Waals surface area contributed by atoms with Crippen LogP contribution in [0.25, 0.3) is 6.08 Å². The fourth-order valence-electron chi connectivity index (χ4n) is 1.35. The van der Waals surface area contributed by atoms with E-state index >= 15 is 0 Å². The molecule has 0 amide bonds. The number of halogens is 1. The molecule has 5 heteroatoms. The zero-order valence-electron chi connectivity index (χ0n) is 10.3. The number of methoxy groups -OCH3 is 1. The summed E-state index contributed by atoms with van der Waals surface area (Å²) in [7, 11) is 1.43. The molecule has 1 aromatic carbocycles. The molecule has 4 nitrogen and oxygen atoms in total. The van der Waals surface area contributed by atoms with Crippen molar-refractivity contribution >= 4 is 28.0 Å². The Bertz CT molecular complexity index is 553. The Kier molecular flexibility index (Phi) is 5.97. The number of ether oxygens (including phenoxy) is 1. The topological polar surface area (TPSA) is 66.8 Å². The number of alkyl halides is 1. The lowest BCUT2D eigenvalue weighted by Crippen LogP contribution is -1.90. The van der Waals surface area contributed by atoms with Crippen LogP contribution in [0.3, 0.4) is 0 Å². The second kappa shape index (κ2) is 7.49. The Morgan fingerprint density at radius 3 is 2.84 bits per heavy atom. The number of carboxylic acids is 1. The van der Waals surface area contributed by atoms with Crippen molar-refractivity contribution in [1.29, 1.82) is 0 Å². The highest BCUT2D eigenvalue weighted by Crippen LogP contribution is 2.31. The highest BCUT2D eigenvalue weighted by atomic mass is 79.9. The van der Waals surface area contributed by atoms with Crippen LogP contribution in [-0.2, 0) is 4.79 Å². The van der Waals surface area contributed by atoms with Crippen molar-refractivity contribution in [1.82, 2.24) is 0 Å². The van der Waals surface area contributed by atoms with Crippen molar-refractivity contribution in [2.45, 2.75) is 6.42 Å². The molecule has 0 atom stereocenters. The van der Waals surface area contributed by atoms with Gasteiger partial charge in [0.15, 0.2) is 11.5 Å². The zero-order chi connectivity index (χ0) is 14.3. The standard InChI is InChI=1S/C14H13BrO4/c1-19-12-9-10(5-6-13(16)17)8-11(14(12)18)4-2-3-7-15/h5-6,8-9,18H,3,7H2,1H3,(H,16,17). The molecule has 0 aromatic heterocycles. The number of phenols is 1. The molecular formula is C14H13BrO4. The van der Waals surface area contributed by atoms with Crippen molar-refractivity contribution in [3.05, 3.63) is 29.3 Å². The molecule has 0 fully saturated rings. The molecule has 1 rings (SSSR count). The van der Waals surface area contributed by atoms with Gasteiger partial charge in [-0.3, -0.25) is 0 Å². The van der Waals surface area contributed by atoms with Gasteiger partial charge in [0.25, 0.3) is 0 Å². The Labute approximate surface area is 119 Å². The SMILES string of the molecule is COc1cc(C=CC(=O)O)cc(C#CCCBr)c1O. The van der Waals surface area contributed by atoms with Gasteiger partial charge in [0.2, 0.25) is 0 Å². The van der Waals surface area contributed by atoms with Crippen LogP contribution in [0.2, 0.25) is 0 Å². The highest BCUT2D eigenvalue weighted by Gasteiger charge is 2.08. The lowest BCUT2D eigenvalue weighted by molar-refractivity contribution is -0.131. The third-order valence-corrected chi connectivity index (χ3v) is 2.57. The van der Waals surface area contributed by atoms with E-state index in [1.54, 1.807) is 12.1 Å². The summed E-state index contributed by atoms with van der Waals surface area (Å²) in [5.41, 5.74) is 1.01. The van der Waals surface area contributed by atoms with Gasteiger partial charge in [0, 0.05) is 17.8 Å². The van der Waals surface area contributed by atoms with E-state index in [2.05, 4.69) is 27.8 Å². The molecule has 19 heavy (non-hydrogen) atoms. The van der Waals surface area contributed by atoms with E-state index in [-0.39, 0.29) is 11.5 Å². The van der Waals surface area contributed by atoms with Crippen LogP contribution in [0.4, 0.5) is 0 Å². The van der Waals surface area contributed by atoms with E-state index in [0.29, 0.717) is 17.5 Å². The lowest BCUT2D eigenvalue weighted by Gasteiger charge is -2.06. The summed E-state index contributed by atoms with van der Waals surface area (Å²) in [6.45, 7) is 0. The number of phenolic OH excluding ortho intramolecular Hbond substituents is 1. The molecule has 1 aromatic rings. The van der Waals surface area contributed by atoms with Crippen LogP contribution in [0, 0.1) is 11.8 Å². The van der Waals surface area contributed by atoms with Gasteiger partial charge in [-0.1, -0.05) is 27.8 Å². The van der Waals surface area contributed by atoms with Crippen LogP contribution in [-0.4, -0.2) is 28.6 Å². The molecule has 100 valence electrons. The Hall–Kier alpha value is -1.93. The van der Waals surface area contributed by atoms with Gasteiger partial charge >= 0.3 is 5.97 Å². The van der Waals surface area contributed by atoms with Crippen molar-refractivity contribution in [3.63, 3.8) is 0 Å². The maximum absolute atomic E-state index is 10.5. The fourth-order valence-corrected chi connectivity index (χ4v) is 1.55. The van der Waals surface area contributed by atoms with Crippen LogP contribution < -0.4 is 4.74 Å². The van der Waals surface area contributed by atoms with Gasteiger partial charge < -0.3 is 14.9 Å². The predicted octanol–water partition coefficient (Wildman–Crippen LogP) is 2.64. The molecule has 0 saturated carbocycles. The number of rotatable bonds is 4. The van der Waals surface area contributed by atoms with Crippen LogP contribution >= 0.6 is 15.9 Å². The summed E-state index contributed by atoms with van der Waals surface area (Å²) in [6, 6.07) is 3.16. The van der Waals surface area contributed by atoms with Crippen molar-refractivity contribution in [3.8, 4) is 23.3 Å². The normalized spacial score (nSPS) is 10.0. The summed E-state index contributed by atoms with van der Waals surface area (Å²) in [6.07, 6.45) is 3.08. The van der Waals surface area contributed by atoms with Gasteiger partial charge in [-0.05, 0) is 23.8 Å². The van der Waals surface area contributed by atoms with Crippen molar-refractivity contribution < 1.29 is 19.7 Å². The number of hydrogen-bond donors (Lipinski definition) is 2. The monoisotopic (exact) mass is 324 g/mol. The minimum atomic E-state index is -1.04. The third kappa shape index (κ3) is 4.68. The first-order chi connectivity index (χ1) is 9.08. The Morgan fingerprint density at radius 2 is 2.26 bits per heavy atom. The molecule has 0 heterocycles. The number of hydrogen-bond acceptors (Lipinski definition) is 3. The van der Waals surface area contributed by atoms with E-state index in [1.807, 2.05) is 0 Å². The van der Waals surface area contributed by atoms with Gasteiger partial charge in [0.05, 0.1) is 12.7 Å². The van der Waals surface area contributed by atoms with Crippen molar-refractivity contribution in [2.75, 3.05) is 12.4 Å². The second-order valence-electron chi connectivity index (χ2n) is 3.53. The summed E-state index contributed by atoms with van der Waals surface area (Å²) in [5.74, 6) is 4.88. The average Bonchev–Trinajstić information content (AvgIpc) is 2.39. The van der Waals surface area contributed by atoms with E-state index < -0.39 is 5.97 Å². The van der Waals surface area contributed by atoms with Gasteiger partial charge in [0.1, 0.15) is 0 Å². The molecule has 0 bridgehead atoms. The molecular weight excluding hydrogens is 312 g/mol. The minimum absolute atomic E-state index is 0.0444. The van der Waals surface area contributed by atoms with Gasteiger partial charge in [-0.15, -0.1) is 0 Å². The first-order valence-corrected chi connectivity index (χ1v) is 6.57. The Morgan fingerprint density at radius 1 is 1.53 bits per heavy atom. The number of aromatic hydroxyl groups is 1.